The van der Waals surface area contributed by atoms with Crippen LogP contribution in [0.5, 0.6) is 0 Å². The van der Waals surface area contributed by atoms with Crippen LogP contribution in [-0.2, 0) is 6.18 Å². The van der Waals surface area contributed by atoms with Crippen LogP contribution in [0.25, 0.3) is 22.3 Å². The summed E-state index contributed by atoms with van der Waals surface area (Å²) < 4.78 is 40.3. The molecule has 4 rings (SSSR count). The van der Waals surface area contributed by atoms with Crippen molar-refractivity contribution in [1.82, 2.24) is 25.3 Å². The summed E-state index contributed by atoms with van der Waals surface area (Å²) in [4.78, 5) is 15.1. The third-order valence-electron chi connectivity index (χ3n) is 4.19. The molecule has 9 heteroatoms. The van der Waals surface area contributed by atoms with Crippen LogP contribution in [0, 0.1) is 0 Å². The SMILES string of the molecule is FC(F)(F)c1cnc(N[C@@H]2CCNC2)nc1-c1c[nH]c2ncccc12. The van der Waals surface area contributed by atoms with Crippen LogP contribution < -0.4 is 10.6 Å². The first kappa shape index (κ1) is 15.8. The van der Waals surface area contributed by atoms with Crippen LogP contribution in [-0.4, -0.2) is 39.1 Å². The van der Waals surface area contributed by atoms with Gasteiger partial charge in [-0.1, -0.05) is 0 Å². The molecule has 0 bridgehead atoms. The summed E-state index contributed by atoms with van der Waals surface area (Å²) in [6, 6.07) is 3.50. The molecule has 3 aromatic rings. The number of nitrogens with zero attached hydrogens (tertiary/aromatic N) is 3. The summed E-state index contributed by atoms with van der Waals surface area (Å²) in [5.41, 5.74) is -0.160. The number of aromatic nitrogens is 4. The topological polar surface area (TPSA) is 78.5 Å². The number of anilines is 1. The van der Waals surface area contributed by atoms with Crippen LogP contribution in [0.1, 0.15) is 12.0 Å². The molecule has 0 saturated carbocycles. The molecule has 130 valence electrons. The quantitative estimate of drug-likeness (QED) is 0.678. The summed E-state index contributed by atoms with van der Waals surface area (Å²) in [6.45, 7) is 1.59. The van der Waals surface area contributed by atoms with Gasteiger partial charge in [0.2, 0.25) is 5.95 Å². The molecular weight excluding hydrogens is 333 g/mol. The molecule has 0 aromatic carbocycles. The van der Waals surface area contributed by atoms with E-state index in [0.29, 0.717) is 16.6 Å². The normalized spacial score (nSPS) is 18.0. The highest BCUT2D eigenvalue weighted by molar-refractivity contribution is 5.93. The van der Waals surface area contributed by atoms with Gasteiger partial charge in [-0.3, -0.25) is 0 Å². The summed E-state index contributed by atoms with van der Waals surface area (Å²) in [7, 11) is 0. The predicted molar refractivity (Wildman–Crippen MR) is 87.0 cm³/mol. The van der Waals surface area contributed by atoms with Crippen LogP contribution in [0.15, 0.2) is 30.7 Å². The molecular formula is C16H15F3N6. The van der Waals surface area contributed by atoms with Crippen LogP contribution in [0.4, 0.5) is 19.1 Å². The minimum absolute atomic E-state index is 0.106. The van der Waals surface area contributed by atoms with E-state index in [1.807, 2.05) is 0 Å². The van der Waals surface area contributed by atoms with Gasteiger partial charge in [0.15, 0.2) is 0 Å². The second-order valence-electron chi connectivity index (χ2n) is 5.89. The molecule has 0 aliphatic carbocycles. The first-order valence-electron chi connectivity index (χ1n) is 7.86. The number of hydrogen-bond acceptors (Lipinski definition) is 5. The van der Waals surface area contributed by atoms with Gasteiger partial charge in [-0.15, -0.1) is 0 Å². The highest BCUT2D eigenvalue weighted by Gasteiger charge is 2.36. The maximum atomic E-state index is 13.4. The van der Waals surface area contributed by atoms with E-state index in [2.05, 4.69) is 30.6 Å². The molecule has 6 nitrogen and oxygen atoms in total. The largest absolute Gasteiger partial charge is 0.419 e. The Balaban J connectivity index is 1.82. The van der Waals surface area contributed by atoms with E-state index in [1.54, 1.807) is 18.3 Å². The van der Waals surface area contributed by atoms with Crippen molar-refractivity contribution in [3.05, 3.63) is 36.3 Å². The lowest BCUT2D eigenvalue weighted by atomic mass is 10.1. The van der Waals surface area contributed by atoms with E-state index in [9.17, 15) is 13.2 Å². The molecule has 1 saturated heterocycles. The number of alkyl halides is 3. The Morgan fingerprint density at radius 1 is 1.24 bits per heavy atom. The molecule has 3 aromatic heterocycles. The second-order valence-corrected chi connectivity index (χ2v) is 5.89. The monoisotopic (exact) mass is 348 g/mol. The van der Waals surface area contributed by atoms with E-state index in [4.69, 9.17) is 0 Å². The van der Waals surface area contributed by atoms with E-state index in [0.717, 1.165) is 25.7 Å². The fourth-order valence-electron chi connectivity index (χ4n) is 2.98. The zero-order chi connectivity index (χ0) is 17.4. The summed E-state index contributed by atoms with van der Waals surface area (Å²) in [5.74, 6) is 0.190. The number of rotatable bonds is 3. The predicted octanol–water partition coefficient (Wildman–Crippen LogP) is 2.81. The second kappa shape index (κ2) is 5.99. The molecule has 1 atom stereocenters. The molecule has 1 aliphatic heterocycles. The number of aromatic amines is 1. The maximum Gasteiger partial charge on any atom is 0.419 e. The van der Waals surface area contributed by atoms with Crippen molar-refractivity contribution in [3.8, 4) is 11.3 Å². The maximum absolute atomic E-state index is 13.4. The van der Waals surface area contributed by atoms with E-state index in [1.165, 1.54) is 6.20 Å². The van der Waals surface area contributed by atoms with Crippen LogP contribution in [0.2, 0.25) is 0 Å². The first-order valence-corrected chi connectivity index (χ1v) is 7.86. The minimum atomic E-state index is -4.55. The number of pyridine rings is 1. The zero-order valence-electron chi connectivity index (χ0n) is 13.1. The van der Waals surface area contributed by atoms with E-state index in [-0.39, 0.29) is 17.7 Å². The van der Waals surface area contributed by atoms with Gasteiger partial charge in [0, 0.05) is 42.1 Å². The lowest BCUT2D eigenvalue weighted by Crippen LogP contribution is -2.24. The Morgan fingerprint density at radius 2 is 2.12 bits per heavy atom. The Hall–Kier alpha value is -2.68. The van der Waals surface area contributed by atoms with Crippen molar-refractivity contribution < 1.29 is 13.2 Å². The summed E-state index contributed by atoms with van der Waals surface area (Å²) in [6.07, 6.45) is 0.233. The average molecular weight is 348 g/mol. The Morgan fingerprint density at radius 3 is 2.88 bits per heavy atom. The fraction of sp³-hybridized carbons (Fsp3) is 0.312. The number of hydrogen-bond donors (Lipinski definition) is 3. The Labute approximate surface area is 140 Å². The molecule has 0 unspecified atom stereocenters. The van der Waals surface area contributed by atoms with Crippen LogP contribution in [0.3, 0.4) is 0 Å². The Bertz CT molecular complexity index is 898. The summed E-state index contributed by atoms with van der Waals surface area (Å²) in [5, 5.41) is 6.86. The summed E-state index contributed by atoms with van der Waals surface area (Å²) >= 11 is 0. The smallest absolute Gasteiger partial charge is 0.350 e. The third kappa shape index (κ3) is 3.02. The van der Waals surface area contributed by atoms with E-state index < -0.39 is 11.7 Å². The van der Waals surface area contributed by atoms with E-state index >= 15 is 0 Å². The molecule has 1 aliphatic rings. The first-order chi connectivity index (χ1) is 12.0. The lowest BCUT2D eigenvalue weighted by molar-refractivity contribution is -0.137. The van der Waals surface area contributed by atoms with Crippen molar-refractivity contribution in [2.45, 2.75) is 18.6 Å². The van der Waals surface area contributed by atoms with Gasteiger partial charge < -0.3 is 15.6 Å². The fourth-order valence-corrected chi connectivity index (χ4v) is 2.98. The minimum Gasteiger partial charge on any atom is -0.350 e. The van der Waals surface area contributed by atoms with Crippen molar-refractivity contribution in [1.29, 1.82) is 0 Å². The molecule has 3 N–H and O–H groups in total. The highest BCUT2D eigenvalue weighted by atomic mass is 19.4. The zero-order valence-corrected chi connectivity index (χ0v) is 13.1. The van der Waals surface area contributed by atoms with Gasteiger partial charge in [-0.2, -0.15) is 13.2 Å². The van der Waals surface area contributed by atoms with Gasteiger partial charge in [0.1, 0.15) is 11.2 Å². The number of fused-ring (bicyclic) bond motifs is 1. The van der Waals surface area contributed by atoms with Gasteiger partial charge >= 0.3 is 6.18 Å². The molecule has 1 fully saturated rings. The van der Waals surface area contributed by atoms with Crippen molar-refractivity contribution in [2.24, 2.45) is 0 Å². The molecule has 4 heterocycles. The standard InChI is InChI=1S/C16H15F3N6/c17-16(18,19)12-8-23-15(24-9-3-5-20-6-9)25-13(12)11-7-22-14-10(11)2-1-4-21-14/h1-2,4,7-9,20H,3,5-6H2,(H,21,22)(H,23,24,25)/t9-/m1/s1. The molecule has 0 amide bonds. The van der Waals surface area contributed by atoms with Gasteiger partial charge in [0.25, 0.3) is 0 Å². The lowest BCUT2D eigenvalue weighted by Gasteiger charge is -2.15. The number of H-pyrrole nitrogens is 1. The molecule has 0 radical (unpaired) electrons. The van der Waals surface area contributed by atoms with Gasteiger partial charge in [0.05, 0.1) is 5.69 Å². The van der Waals surface area contributed by atoms with Gasteiger partial charge in [-0.25, -0.2) is 15.0 Å². The van der Waals surface area contributed by atoms with Crippen molar-refractivity contribution >= 4 is 17.0 Å². The Kier molecular flexibility index (Phi) is 3.79. The molecule has 25 heavy (non-hydrogen) atoms. The highest BCUT2D eigenvalue weighted by Crippen LogP contribution is 2.38. The average Bonchev–Trinajstić information content (AvgIpc) is 3.23. The van der Waals surface area contributed by atoms with Crippen molar-refractivity contribution in [2.75, 3.05) is 18.4 Å². The van der Waals surface area contributed by atoms with Crippen LogP contribution >= 0.6 is 0 Å². The number of nitrogens with one attached hydrogen (secondary N) is 3. The van der Waals surface area contributed by atoms with Crippen molar-refractivity contribution in [3.63, 3.8) is 0 Å². The van der Waals surface area contributed by atoms with Gasteiger partial charge in [-0.05, 0) is 25.1 Å². The number of halogens is 3. The third-order valence-corrected chi connectivity index (χ3v) is 4.19. The molecule has 0 spiro atoms.